The summed E-state index contributed by atoms with van der Waals surface area (Å²) in [4.78, 5) is 10.8. The van der Waals surface area contributed by atoms with Crippen LogP contribution in [0.2, 0.25) is 0 Å². The smallest absolute Gasteiger partial charge is 0.150 e. The number of methoxy groups -OCH3 is 1. The van der Waals surface area contributed by atoms with E-state index in [0.717, 1.165) is 38.9 Å². The molecule has 0 N–H and O–H groups in total. The van der Waals surface area contributed by atoms with Gasteiger partial charge in [0, 0.05) is 5.56 Å². The first-order chi connectivity index (χ1) is 10.0. The number of hydrogen-bond donors (Lipinski definition) is 0. The second kappa shape index (κ2) is 6.76. The third-order valence-corrected chi connectivity index (χ3v) is 3.84. The van der Waals surface area contributed by atoms with Gasteiger partial charge in [-0.15, -0.1) is 0 Å². The van der Waals surface area contributed by atoms with Gasteiger partial charge in [0.05, 0.1) is 11.6 Å². The SMILES string of the molecule is COc1ccc(COc2c(C)cc(C=O)cc2C)cc1Br. The van der Waals surface area contributed by atoms with E-state index in [0.29, 0.717) is 12.2 Å². The summed E-state index contributed by atoms with van der Waals surface area (Å²) in [7, 11) is 1.64. The first kappa shape index (κ1) is 15.6. The van der Waals surface area contributed by atoms with E-state index in [1.165, 1.54) is 0 Å². The Morgan fingerprint density at radius 1 is 1.14 bits per heavy atom. The number of hydrogen-bond acceptors (Lipinski definition) is 3. The number of carbonyl (C=O) groups is 1. The molecule has 2 aromatic rings. The van der Waals surface area contributed by atoms with Crippen molar-refractivity contribution in [1.82, 2.24) is 0 Å². The van der Waals surface area contributed by atoms with Crippen LogP contribution < -0.4 is 9.47 Å². The molecule has 4 heteroatoms. The Bertz CT molecular complexity index is 642. The van der Waals surface area contributed by atoms with E-state index in [4.69, 9.17) is 9.47 Å². The number of benzene rings is 2. The molecule has 0 aromatic heterocycles. The fourth-order valence-electron chi connectivity index (χ4n) is 2.23. The Labute approximate surface area is 133 Å². The van der Waals surface area contributed by atoms with Gasteiger partial charge in [-0.3, -0.25) is 4.79 Å². The van der Waals surface area contributed by atoms with E-state index < -0.39 is 0 Å². The Morgan fingerprint density at radius 2 is 1.81 bits per heavy atom. The molecule has 0 amide bonds. The highest BCUT2D eigenvalue weighted by Crippen LogP contribution is 2.28. The molecule has 0 aliphatic rings. The topological polar surface area (TPSA) is 35.5 Å². The van der Waals surface area contributed by atoms with Crippen LogP contribution in [-0.4, -0.2) is 13.4 Å². The van der Waals surface area contributed by atoms with Crippen molar-refractivity contribution >= 4 is 22.2 Å². The van der Waals surface area contributed by atoms with Crippen LogP contribution in [-0.2, 0) is 6.61 Å². The van der Waals surface area contributed by atoms with E-state index in [2.05, 4.69) is 15.9 Å². The highest BCUT2D eigenvalue weighted by atomic mass is 79.9. The van der Waals surface area contributed by atoms with Crippen molar-refractivity contribution in [2.45, 2.75) is 20.5 Å². The van der Waals surface area contributed by atoms with Crippen molar-refractivity contribution < 1.29 is 14.3 Å². The minimum Gasteiger partial charge on any atom is -0.496 e. The van der Waals surface area contributed by atoms with Crippen molar-refractivity contribution in [2.75, 3.05) is 7.11 Å². The molecule has 0 atom stereocenters. The van der Waals surface area contributed by atoms with Gasteiger partial charge in [0.25, 0.3) is 0 Å². The maximum absolute atomic E-state index is 10.8. The number of carbonyl (C=O) groups excluding carboxylic acids is 1. The lowest BCUT2D eigenvalue weighted by molar-refractivity contribution is 0.112. The maximum Gasteiger partial charge on any atom is 0.150 e. The van der Waals surface area contributed by atoms with Crippen molar-refractivity contribution in [3.8, 4) is 11.5 Å². The van der Waals surface area contributed by atoms with Crippen LogP contribution in [0.4, 0.5) is 0 Å². The van der Waals surface area contributed by atoms with Crippen LogP contribution in [0.5, 0.6) is 11.5 Å². The number of aryl methyl sites for hydroxylation is 2. The Morgan fingerprint density at radius 3 is 2.33 bits per heavy atom. The molecule has 0 heterocycles. The summed E-state index contributed by atoms with van der Waals surface area (Å²) in [6.07, 6.45) is 0.852. The van der Waals surface area contributed by atoms with Gasteiger partial charge in [-0.1, -0.05) is 6.07 Å². The quantitative estimate of drug-likeness (QED) is 0.748. The summed E-state index contributed by atoms with van der Waals surface area (Å²) in [5.41, 5.74) is 3.64. The first-order valence-electron chi connectivity index (χ1n) is 6.56. The molecule has 0 fully saturated rings. The lowest BCUT2D eigenvalue weighted by Gasteiger charge is -2.13. The lowest BCUT2D eigenvalue weighted by atomic mass is 10.1. The van der Waals surface area contributed by atoms with E-state index in [1.807, 2.05) is 44.2 Å². The second-order valence-electron chi connectivity index (χ2n) is 4.86. The largest absolute Gasteiger partial charge is 0.496 e. The molecule has 3 nitrogen and oxygen atoms in total. The molecule has 0 unspecified atom stereocenters. The van der Waals surface area contributed by atoms with Crippen LogP contribution >= 0.6 is 15.9 Å². The summed E-state index contributed by atoms with van der Waals surface area (Å²) < 4.78 is 12.0. The highest BCUT2D eigenvalue weighted by Gasteiger charge is 2.08. The molecule has 0 aliphatic carbocycles. The highest BCUT2D eigenvalue weighted by molar-refractivity contribution is 9.10. The van der Waals surface area contributed by atoms with E-state index in [9.17, 15) is 4.79 Å². The molecule has 110 valence electrons. The number of aldehydes is 1. The zero-order valence-electron chi connectivity index (χ0n) is 12.3. The normalized spacial score (nSPS) is 10.3. The average molecular weight is 349 g/mol. The summed E-state index contributed by atoms with van der Waals surface area (Å²) >= 11 is 3.46. The minimum absolute atomic E-state index is 0.463. The predicted octanol–water partition coefficient (Wildman–Crippen LogP) is 4.47. The lowest BCUT2D eigenvalue weighted by Crippen LogP contribution is -2.00. The van der Waals surface area contributed by atoms with Gasteiger partial charge in [-0.25, -0.2) is 0 Å². The zero-order valence-corrected chi connectivity index (χ0v) is 13.9. The summed E-state index contributed by atoms with van der Waals surface area (Å²) in [6.45, 7) is 4.35. The summed E-state index contributed by atoms with van der Waals surface area (Å²) in [5, 5.41) is 0. The fourth-order valence-corrected chi connectivity index (χ4v) is 2.82. The number of rotatable bonds is 5. The van der Waals surface area contributed by atoms with E-state index in [-0.39, 0.29) is 0 Å². The van der Waals surface area contributed by atoms with Gasteiger partial charge in [0.1, 0.15) is 24.4 Å². The van der Waals surface area contributed by atoms with Gasteiger partial charge in [0.15, 0.2) is 0 Å². The van der Waals surface area contributed by atoms with Crippen LogP contribution in [0.1, 0.15) is 27.0 Å². The molecule has 0 spiro atoms. The Hall–Kier alpha value is -1.81. The molecule has 0 bridgehead atoms. The third-order valence-electron chi connectivity index (χ3n) is 3.22. The molecule has 21 heavy (non-hydrogen) atoms. The second-order valence-corrected chi connectivity index (χ2v) is 5.71. The minimum atomic E-state index is 0.463. The van der Waals surface area contributed by atoms with Crippen molar-refractivity contribution in [2.24, 2.45) is 0 Å². The Balaban J connectivity index is 2.16. The molecule has 0 saturated carbocycles. The molecule has 0 saturated heterocycles. The third kappa shape index (κ3) is 3.64. The monoisotopic (exact) mass is 348 g/mol. The molecule has 2 aromatic carbocycles. The summed E-state index contributed by atoms with van der Waals surface area (Å²) in [5.74, 6) is 1.62. The average Bonchev–Trinajstić information content (AvgIpc) is 2.46. The van der Waals surface area contributed by atoms with Crippen molar-refractivity contribution in [1.29, 1.82) is 0 Å². The van der Waals surface area contributed by atoms with Crippen LogP contribution in [0, 0.1) is 13.8 Å². The first-order valence-corrected chi connectivity index (χ1v) is 7.36. The molecule has 0 aliphatic heterocycles. The van der Waals surface area contributed by atoms with Gasteiger partial charge >= 0.3 is 0 Å². The molecule has 0 radical (unpaired) electrons. The standard InChI is InChI=1S/C17H17BrO3/c1-11-6-14(9-19)7-12(2)17(11)21-10-13-4-5-16(20-3)15(18)8-13/h4-9H,10H2,1-3H3. The van der Waals surface area contributed by atoms with E-state index >= 15 is 0 Å². The number of halogens is 1. The van der Waals surface area contributed by atoms with Crippen molar-refractivity contribution in [3.63, 3.8) is 0 Å². The van der Waals surface area contributed by atoms with Crippen molar-refractivity contribution in [3.05, 3.63) is 57.1 Å². The zero-order chi connectivity index (χ0) is 15.4. The van der Waals surface area contributed by atoms with Crippen LogP contribution in [0.15, 0.2) is 34.8 Å². The molecular formula is C17H17BrO3. The van der Waals surface area contributed by atoms with E-state index in [1.54, 1.807) is 7.11 Å². The van der Waals surface area contributed by atoms with Crippen LogP contribution in [0.3, 0.4) is 0 Å². The Kier molecular flexibility index (Phi) is 5.02. The fraction of sp³-hybridized carbons (Fsp3) is 0.235. The predicted molar refractivity (Wildman–Crippen MR) is 86.3 cm³/mol. The van der Waals surface area contributed by atoms with Crippen LogP contribution in [0.25, 0.3) is 0 Å². The van der Waals surface area contributed by atoms with Gasteiger partial charge in [0.2, 0.25) is 0 Å². The van der Waals surface area contributed by atoms with Gasteiger partial charge in [-0.05, 0) is 70.7 Å². The molecular weight excluding hydrogens is 332 g/mol. The maximum atomic E-state index is 10.8. The summed E-state index contributed by atoms with van der Waals surface area (Å²) in [6, 6.07) is 9.51. The van der Waals surface area contributed by atoms with Gasteiger partial charge in [-0.2, -0.15) is 0 Å². The van der Waals surface area contributed by atoms with Gasteiger partial charge < -0.3 is 9.47 Å². The molecule has 2 rings (SSSR count). The number of ether oxygens (including phenoxy) is 2.